The molecule has 1 aromatic heterocycles. The molecule has 0 atom stereocenters. The highest BCUT2D eigenvalue weighted by Crippen LogP contribution is 2.25. The number of halogens is 1. The summed E-state index contributed by atoms with van der Waals surface area (Å²) in [5.41, 5.74) is 3.51. The van der Waals surface area contributed by atoms with Crippen LogP contribution in [-0.4, -0.2) is 22.9 Å². The number of rotatable bonds is 7. The smallest absolute Gasteiger partial charge is 0.267 e. The Bertz CT molecular complexity index is 1280. The molecule has 5 nitrogen and oxygen atoms in total. The number of nitrogens with one attached hydrogen (secondary N) is 2. The summed E-state index contributed by atoms with van der Waals surface area (Å²) in [5, 5.41) is 6.69. The first-order valence-electron chi connectivity index (χ1n) is 10.9. The minimum atomic E-state index is -0.393. The Hall–Kier alpha value is -3.93. The lowest BCUT2D eigenvalue weighted by molar-refractivity contribution is 0.0940. The monoisotopic (exact) mass is 443 g/mol. The molecule has 3 aromatic carbocycles. The molecule has 0 unspecified atom stereocenters. The number of nitrogens with zero attached hydrogens (tertiary/aromatic N) is 1. The normalized spacial score (nSPS) is 11.0. The highest BCUT2D eigenvalue weighted by molar-refractivity contribution is 6.06. The molecule has 4 aromatic rings. The van der Waals surface area contributed by atoms with Crippen LogP contribution in [-0.2, 0) is 6.54 Å². The Balaban J connectivity index is 1.66. The van der Waals surface area contributed by atoms with Crippen molar-refractivity contribution in [1.29, 1.82) is 0 Å². The molecule has 0 aliphatic heterocycles. The Morgan fingerprint density at radius 2 is 1.64 bits per heavy atom. The van der Waals surface area contributed by atoms with Crippen LogP contribution in [0.4, 0.5) is 10.1 Å². The van der Waals surface area contributed by atoms with Gasteiger partial charge in [-0.2, -0.15) is 0 Å². The molecule has 0 bridgehead atoms. The number of anilines is 1. The fraction of sp³-hybridized carbons (Fsp3) is 0.185. The third kappa shape index (κ3) is 5.29. The van der Waals surface area contributed by atoms with Gasteiger partial charge in [-0.05, 0) is 60.0 Å². The molecule has 1 heterocycles. The highest BCUT2D eigenvalue weighted by Gasteiger charge is 2.17. The molecule has 0 spiro atoms. The zero-order chi connectivity index (χ0) is 23.4. The van der Waals surface area contributed by atoms with Crippen LogP contribution in [0.5, 0.6) is 0 Å². The van der Waals surface area contributed by atoms with E-state index in [1.807, 2.05) is 53.1 Å². The third-order valence-electron chi connectivity index (χ3n) is 5.35. The van der Waals surface area contributed by atoms with E-state index in [1.165, 1.54) is 24.3 Å². The standard InChI is InChI=1S/C27H26FN3O2/c1-18(2)16-29-27(33)25-15-21-14-23(30-26(32)20-8-10-22(28)11-9-20)12-13-24(21)31(25)17-19-6-4-3-5-7-19/h3-15,18H,16-17H2,1-2H3,(H,29,33)(H,30,32). The van der Waals surface area contributed by atoms with E-state index in [2.05, 4.69) is 24.5 Å². The van der Waals surface area contributed by atoms with E-state index >= 15 is 0 Å². The van der Waals surface area contributed by atoms with Gasteiger partial charge in [0.2, 0.25) is 0 Å². The average molecular weight is 444 g/mol. The van der Waals surface area contributed by atoms with E-state index in [-0.39, 0.29) is 11.8 Å². The van der Waals surface area contributed by atoms with Gasteiger partial charge in [-0.1, -0.05) is 44.2 Å². The van der Waals surface area contributed by atoms with E-state index in [1.54, 1.807) is 6.07 Å². The Kier molecular flexibility index (Phi) is 6.54. The first kappa shape index (κ1) is 22.3. The quantitative estimate of drug-likeness (QED) is 0.398. The van der Waals surface area contributed by atoms with Gasteiger partial charge in [-0.25, -0.2) is 4.39 Å². The molecule has 168 valence electrons. The van der Waals surface area contributed by atoms with Gasteiger partial charge in [0.05, 0.1) is 0 Å². The van der Waals surface area contributed by atoms with Crippen molar-refractivity contribution in [3.05, 3.63) is 102 Å². The van der Waals surface area contributed by atoms with Crippen LogP contribution in [0.3, 0.4) is 0 Å². The van der Waals surface area contributed by atoms with Crippen molar-refractivity contribution < 1.29 is 14.0 Å². The molecule has 0 saturated carbocycles. The molecule has 6 heteroatoms. The Morgan fingerprint density at radius 1 is 0.909 bits per heavy atom. The number of hydrogen-bond acceptors (Lipinski definition) is 2. The molecule has 4 rings (SSSR count). The molecule has 2 N–H and O–H groups in total. The van der Waals surface area contributed by atoms with Gasteiger partial charge < -0.3 is 15.2 Å². The zero-order valence-corrected chi connectivity index (χ0v) is 18.6. The molecular weight excluding hydrogens is 417 g/mol. The second kappa shape index (κ2) is 9.69. The number of fused-ring (bicyclic) bond motifs is 1. The van der Waals surface area contributed by atoms with Crippen LogP contribution in [0, 0.1) is 11.7 Å². The van der Waals surface area contributed by atoms with Crippen molar-refractivity contribution in [2.24, 2.45) is 5.92 Å². The minimum Gasteiger partial charge on any atom is -0.351 e. The predicted octanol–water partition coefficient (Wildman–Crippen LogP) is 5.47. The first-order chi connectivity index (χ1) is 15.9. The fourth-order valence-corrected chi connectivity index (χ4v) is 3.67. The summed E-state index contributed by atoms with van der Waals surface area (Å²) in [6.45, 7) is 5.24. The van der Waals surface area contributed by atoms with E-state index in [4.69, 9.17) is 0 Å². The first-order valence-corrected chi connectivity index (χ1v) is 10.9. The van der Waals surface area contributed by atoms with E-state index in [0.717, 1.165) is 16.5 Å². The van der Waals surface area contributed by atoms with Crippen LogP contribution in [0.25, 0.3) is 10.9 Å². The van der Waals surface area contributed by atoms with Crippen LogP contribution in [0.2, 0.25) is 0 Å². The molecular formula is C27H26FN3O2. The number of hydrogen-bond donors (Lipinski definition) is 2. The van der Waals surface area contributed by atoms with Gasteiger partial charge in [0.15, 0.2) is 0 Å². The lowest BCUT2D eigenvalue weighted by Crippen LogP contribution is -2.29. The number of carbonyl (C=O) groups is 2. The van der Waals surface area contributed by atoms with Crippen molar-refractivity contribution >= 4 is 28.4 Å². The molecule has 0 aliphatic rings. The molecule has 0 saturated heterocycles. The van der Waals surface area contributed by atoms with Gasteiger partial charge in [0.25, 0.3) is 11.8 Å². The van der Waals surface area contributed by atoms with Crippen LogP contribution in [0.15, 0.2) is 78.9 Å². The van der Waals surface area contributed by atoms with Crippen molar-refractivity contribution in [1.82, 2.24) is 9.88 Å². The summed E-state index contributed by atoms with van der Waals surface area (Å²) in [6, 6.07) is 22.8. The topological polar surface area (TPSA) is 63.1 Å². The van der Waals surface area contributed by atoms with Crippen molar-refractivity contribution in [2.75, 3.05) is 11.9 Å². The molecule has 0 radical (unpaired) electrons. The maximum absolute atomic E-state index is 13.1. The summed E-state index contributed by atoms with van der Waals surface area (Å²) in [5.74, 6) is -0.508. The summed E-state index contributed by atoms with van der Waals surface area (Å²) in [7, 11) is 0. The van der Waals surface area contributed by atoms with Gasteiger partial charge in [0, 0.05) is 35.2 Å². The van der Waals surface area contributed by atoms with Crippen LogP contribution >= 0.6 is 0 Å². The van der Waals surface area contributed by atoms with E-state index < -0.39 is 5.82 Å². The SMILES string of the molecule is CC(C)CNC(=O)c1cc2cc(NC(=O)c3ccc(F)cc3)ccc2n1Cc1ccccc1. The van der Waals surface area contributed by atoms with Gasteiger partial charge in [0.1, 0.15) is 11.5 Å². The molecule has 0 aliphatic carbocycles. The number of aromatic nitrogens is 1. The Morgan fingerprint density at radius 3 is 2.33 bits per heavy atom. The predicted molar refractivity (Wildman–Crippen MR) is 129 cm³/mol. The minimum absolute atomic E-state index is 0.132. The van der Waals surface area contributed by atoms with Gasteiger partial charge in [-0.3, -0.25) is 9.59 Å². The van der Waals surface area contributed by atoms with Crippen molar-refractivity contribution in [3.63, 3.8) is 0 Å². The Labute approximate surface area is 192 Å². The average Bonchev–Trinajstić information content (AvgIpc) is 3.16. The fourth-order valence-electron chi connectivity index (χ4n) is 3.67. The van der Waals surface area contributed by atoms with Crippen molar-refractivity contribution in [3.8, 4) is 0 Å². The summed E-state index contributed by atoms with van der Waals surface area (Å²) in [4.78, 5) is 25.5. The maximum atomic E-state index is 13.1. The summed E-state index contributed by atoms with van der Waals surface area (Å²) in [6.07, 6.45) is 0. The van der Waals surface area contributed by atoms with Gasteiger partial charge >= 0.3 is 0 Å². The largest absolute Gasteiger partial charge is 0.351 e. The number of amides is 2. The summed E-state index contributed by atoms with van der Waals surface area (Å²) >= 11 is 0. The van der Waals surface area contributed by atoms with E-state index in [0.29, 0.717) is 36.0 Å². The second-order valence-electron chi connectivity index (χ2n) is 8.44. The number of carbonyl (C=O) groups excluding carboxylic acids is 2. The molecule has 2 amide bonds. The maximum Gasteiger partial charge on any atom is 0.267 e. The number of benzene rings is 3. The summed E-state index contributed by atoms with van der Waals surface area (Å²) < 4.78 is 15.1. The van der Waals surface area contributed by atoms with Crippen LogP contribution in [0.1, 0.15) is 40.3 Å². The third-order valence-corrected chi connectivity index (χ3v) is 5.35. The molecule has 33 heavy (non-hydrogen) atoms. The molecule has 0 fully saturated rings. The lowest BCUT2D eigenvalue weighted by atomic mass is 10.2. The highest BCUT2D eigenvalue weighted by atomic mass is 19.1. The van der Waals surface area contributed by atoms with E-state index in [9.17, 15) is 14.0 Å². The van der Waals surface area contributed by atoms with Crippen molar-refractivity contribution in [2.45, 2.75) is 20.4 Å². The zero-order valence-electron chi connectivity index (χ0n) is 18.6. The lowest BCUT2D eigenvalue weighted by Gasteiger charge is -2.13. The van der Waals surface area contributed by atoms with Gasteiger partial charge in [-0.15, -0.1) is 0 Å². The second-order valence-corrected chi connectivity index (χ2v) is 8.44. The van der Waals surface area contributed by atoms with Crippen LogP contribution < -0.4 is 10.6 Å².